The summed E-state index contributed by atoms with van der Waals surface area (Å²) in [5.41, 5.74) is 1.99. The molecule has 0 spiro atoms. The predicted octanol–water partition coefficient (Wildman–Crippen LogP) is 4.73. The van der Waals surface area contributed by atoms with Gasteiger partial charge in [0.2, 0.25) is 5.91 Å². The van der Waals surface area contributed by atoms with Gasteiger partial charge >= 0.3 is 0 Å². The molecule has 0 saturated heterocycles. The molecule has 1 N–H and O–H groups in total. The van der Waals surface area contributed by atoms with Crippen LogP contribution in [-0.2, 0) is 11.2 Å². The minimum atomic E-state index is -0.161. The van der Waals surface area contributed by atoms with E-state index in [9.17, 15) is 9.59 Å². The average molecular weight is 363 g/mol. The fourth-order valence-electron chi connectivity index (χ4n) is 2.77. The van der Waals surface area contributed by atoms with Crippen molar-refractivity contribution in [1.29, 1.82) is 0 Å². The van der Waals surface area contributed by atoms with Crippen molar-refractivity contribution in [1.82, 2.24) is 0 Å². The van der Waals surface area contributed by atoms with Crippen LogP contribution in [0.25, 0.3) is 11.3 Å². The summed E-state index contributed by atoms with van der Waals surface area (Å²) in [4.78, 5) is 23.9. The Labute approximate surface area is 158 Å². The van der Waals surface area contributed by atoms with Crippen LogP contribution in [0.15, 0.2) is 65.1 Å². The number of ketones is 1. The third-order valence-corrected chi connectivity index (χ3v) is 4.22. The highest BCUT2D eigenvalue weighted by Gasteiger charge is 2.11. The fraction of sp³-hybridized carbons (Fsp3) is 0.182. The van der Waals surface area contributed by atoms with Crippen molar-refractivity contribution in [2.75, 3.05) is 12.4 Å². The first kappa shape index (κ1) is 18.5. The lowest BCUT2D eigenvalue weighted by atomic mass is 10.1. The Bertz CT molecular complexity index is 941. The van der Waals surface area contributed by atoms with Crippen LogP contribution >= 0.6 is 0 Å². The van der Waals surface area contributed by atoms with Gasteiger partial charge in [-0.05, 0) is 55.5 Å². The highest BCUT2D eigenvalue weighted by molar-refractivity contribution is 6.03. The summed E-state index contributed by atoms with van der Waals surface area (Å²) in [5, 5.41) is 2.80. The molecular weight excluding hydrogens is 342 g/mol. The number of ether oxygens (including phenoxy) is 1. The first-order chi connectivity index (χ1) is 13.1. The SMILES string of the molecule is COc1ccc(-c2ccc(CCC(=O)Nc3ccccc3C(C)=O)o2)cc1. The number of carbonyl (C=O) groups is 2. The molecule has 0 saturated carbocycles. The molecule has 0 radical (unpaired) electrons. The highest BCUT2D eigenvalue weighted by Crippen LogP contribution is 2.25. The number of aryl methyl sites for hydroxylation is 1. The third-order valence-electron chi connectivity index (χ3n) is 4.22. The van der Waals surface area contributed by atoms with Gasteiger partial charge in [-0.15, -0.1) is 0 Å². The Morgan fingerprint density at radius 1 is 1.00 bits per heavy atom. The van der Waals surface area contributed by atoms with E-state index in [-0.39, 0.29) is 18.1 Å². The van der Waals surface area contributed by atoms with Crippen molar-refractivity contribution >= 4 is 17.4 Å². The molecule has 5 nitrogen and oxygen atoms in total. The van der Waals surface area contributed by atoms with Crippen LogP contribution in [0.5, 0.6) is 5.75 Å². The molecule has 0 atom stereocenters. The van der Waals surface area contributed by atoms with Crippen molar-refractivity contribution in [3.05, 3.63) is 72.0 Å². The molecule has 0 aliphatic heterocycles. The van der Waals surface area contributed by atoms with Gasteiger partial charge in [0.05, 0.1) is 12.8 Å². The molecule has 3 rings (SSSR count). The number of furan rings is 1. The zero-order valence-corrected chi connectivity index (χ0v) is 15.3. The molecule has 3 aromatic rings. The summed E-state index contributed by atoms with van der Waals surface area (Å²) in [6, 6.07) is 18.3. The lowest BCUT2D eigenvalue weighted by Gasteiger charge is -2.08. The van der Waals surface area contributed by atoms with Gasteiger partial charge in [0.1, 0.15) is 17.3 Å². The summed E-state index contributed by atoms with van der Waals surface area (Å²) in [6.07, 6.45) is 0.742. The fourth-order valence-corrected chi connectivity index (χ4v) is 2.77. The first-order valence-electron chi connectivity index (χ1n) is 8.70. The maximum atomic E-state index is 12.2. The van der Waals surface area contributed by atoms with E-state index >= 15 is 0 Å². The van der Waals surface area contributed by atoms with E-state index < -0.39 is 0 Å². The minimum Gasteiger partial charge on any atom is -0.497 e. The smallest absolute Gasteiger partial charge is 0.224 e. The average Bonchev–Trinajstić information content (AvgIpc) is 3.16. The predicted molar refractivity (Wildman–Crippen MR) is 104 cm³/mol. The van der Waals surface area contributed by atoms with Crippen LogP contribution in [0.3, 0.4) is 0 Å². The molecular formula is C22H21NO4. The minimum absolute atomic E-state index is 0.0823. The molecule has 0 aliphatic carbocycles. The van der Waals surface area contributed by atoms with Crippen molar-refractivity contribution in [2.45, 2.75) is 19.8 Å². The van der Waals surface area contributed by atoms with Crippen molar-refractivity contribution in [3.63, 3.8) is 0 Å². The lowest BCUT2D eigenvalue weighted by molar-refractivity contribution is -0.116. The Balaban J connectivity index is 1.60. The Morgan fingerprint density at radius 3 is 2.44 bits per heavy atom. The maximum absolute atomic E-state index is 12.2. The number of carbonyl (C=O) groups excluding carboxylic acids is 2. The van der Waals surface area contributed by atoms with Gasteiger partial charge in [-0.1, -0.05) is 12.1 Å². The Kier molecular flexibility index (Phi) is 5.71. The molecule has 27 heavy (non-hydrogen) atoms. The number of benzene rings is 2. The van der Waals surface area contributed by atoms with E-state index in [4.69, 9.17) is 9.15 Å². The van der Waals surface area contributed by atoms with Crippen molar-refractivity contribution < 1.29 is 18.7 Å². The van der Waals surface area contributed by atoms with Gasteiger partial charge in [-0.2, -0.15) is 0 Å². The molecule has 2 aromatic carbocycles. The monoisotopic (exact) mass is 363 g/mol. The van der Waals surface area contributed by atoms with Crippen molar-refractivity contribution in [2.24, 2.45) is 0 Å². The van der Waals surface area contributed by atoms with Crippen LogP contribution in [0.1, 0.15) is 29.5 Å². The normalized spacial score (nSPS) is 10.4. The van der Waals surface area contributed by atoms with E-state index in [0.29, 0.717) is 17.7 Å². The van der Waals surface area contributed by atoms with E-state index in [1.54, 1.807) is 31.4 Å². The number of para-hydroxylation sites is 1. The van der Waals surface area contributed by atoms with Crippen LogP contribution in [0.2, 0.25) is 0 Å². The second-order valence-electron chi connectivity index (χ2n) is 6.14. The molecule has 1 amide bonds. The third kappa shape index (κ3) is 4.64. The number of nitrogens with one attached hydrogen (secondary N) is 1. The van der Waals surface area contributed by atoms with Crippen LogP contribution in [-0.4, -0.2) is 18.8 Å². The van der Waals surface area contributed by atoms with Gasteiger partial charge in [-0.3, -0.25) is 9.59 Å². The number of methoxy groups -OCH3 is 1. The summed E-state index contributed by atoms with van der Waals surface area (Å²) in [6.45, 7) is 1.48. The topological polar surface area (TPSA) is 68.5 Å². The summed E-state index contributed by atoms with van der Waals surface area (Å²) in [7, 11) is 1.62. The second kappa shape index (κ2) is 8.36. The number of amides is 1. The zero-order valence-electron chi connectivity index (χ0n) is 15.3. The summed E-state index contributed by atoms with van der Waals surface area (Å²) >= 11 is 0. The molecule has 0 aliphatic rings. The van der Waals surface area contributed by atoms with E-state index in [2.05, 4.69) is 5.32 Å². The van der Waals surface area contributed by atoms with Gasteiger partial charge in [0.15, 0.2) is 5.78 Å². The Morgan fingerprint density at radius 2 is 1.74 bits per heavy atom. The second-order valence-corrected chi connectivity index (χ2v) is 6.14. The standard InChI is InChI=1S/C22H21NO4/c1-15(24)19-5-3-4-6-20(19)23-22(25)14-12-18-11-13-21(27-18)16-7-9-17(26-2)10-8-16/h3-11,13H,12,14H2,1-2H3,(H,23,25). The highest BCUT2D eigenvalue weighted by atomic mass is 16.5. The number of rotatable bonds is 7. The number of anilines is 1. The van der Waals surface area contributed by atoms with Crippen molar-refractivity contribution in [3.8, 4) is 17.1 Å². The van der Waals surface area contributed by atoms with E-state index in [0.717, 1.165) is 22.8 Å². The zero-order chi connectivity index (χ0) is 19.2. The molecule has 1 heterocycles. The summed E-state index contributed by atoms with van der Waals surface area (Å²) in [5.74, 6) is 2.02. The molecule has 5 heteroatoms. The lowest BCUT2D eigenvalue weighted by Crippen LogP contribution is -2.14. The molecule has 0 unspecified atom stereocenters. The molecule has 0 bridgehead atoms. The van der Waals surface area contributed by atoms with Gasteiger partial charge in [0.25, 0.3) is 0 Å². The Hall–Kier alpha value is -3.34. The van der Waals surface area contributed by atoms with Gasteiger partial charge in [-0.25, -0.2) is 0 Å². The van der Waals surface area contributed by atoms with Crippen LogP contribution < -0.4 is 10.1 Å². The summed E-state index contributed by atoms with van der Waals surface area (Å²) < 4.78 is 11.0. The molecule has 138 valence electrons. The number of hydrogen-bond donors (Lipinski definition) is 1. The molecule has 1 aromatic heterocycles. The number of Topliss-reactive ketones (excluding diaryl/α,β-unsaturated/α-hetero) is 1. The van der Waals surface area contributed by atoms with Crippen LogP contribution in [0.4, 0.5) is 5.69 Å². The first-order valence-corrected chi connectivity index (χ1v) is 8.70. The number of hydrogen-bond acceptors (Lipinski definition) is 4. The molecule has 0 fully saturated rings. The van der Waals surface area contributed by atoms with Gasteiger partial charge < -0.3 is 14.5 Å². The van der Waals surface area contributed by atoms with Gasteiger partial charge in [0, 0.05) is 24.0 Å². The maximum Gasteiger partial charge on any atom is 0.224 e. The van der Waals surface area contributed by atoms with E-state index in [1.165, 1.54) is 6.92 Å². The largest absolute Gasteiger partial charge is 0.497 e. The van der Waals surface area contributed by atoms with E-state index in [1.807, 2.05) is 36.4 Å². The van der Waals surface area contributed by atoms with Crippen LogP contribution in [0, 0.1) is 0 Å². The quantitative estimate of drug-likeness (QED) is 0.616.